The Balaban J connectivity index is 1.83. The van der Waals surface area contributed by atoms with Crippen LogP contribution in [0.5, 0.6) is 0 Å². The number of piperidine rings is 1. The number of aryl methyl sites for hydroxylation is 1. The van der Waals surface area contributed by atoms with Gasteiger partial charge in [-0.15, -0.1) is 0 Å². The highest BCUT2D eigenvalue weighted by molar-refractivity contribution is 5.58. The fourth-order valence-electron chi connectivity index (χ4n) is 3.13. The predicted molar refractivity (Wildman–Crippen MR) is 93.5 cm³/mol. The maximum absolute atomic E-state index is 4.78. The minimum atomic E-state index is 0.672. The van der Waals surface area contributed by atoms with E-state index < -0.39 is 0 Å². The van der Waals surface area contributed by atoms with Gasteiger partial charge in [0.2, 0.25) is 0 Å². The second-order valence-electron chi connectivity index (χ2n) is 6.15. The molecule has 2 aromatic rings. The van der Waals surface area contributed by atoms with E-state index in [0.29, 0.717) is 5.92 Å². The van der Waals surface area contributed by atoms with Crippen LogP contribution in [0.25, 0.3) is 11.4 Å². The maximum atomic E-state index is 4.78. The first-order valence-corrected chi connectivity index (χ1v) is 8.50. The van der Waals surface area contributed by atoms with Crippen LogP contribution in [0.15, 0.2) is 24.5 Å². The molecule has 2 N–H and O–H groups in total. The first kappa shape index (κ1) is 15.9. The highest BCUT2D eigenvalue weighted by Gasteiger charge is 2.16. The van der Waals surface area contributed by atoms with Crippen LogP contribution in [0, 0.1) is 12.8 Å². The molecule has 1 fully saturated rings. The normalized spacial score (nSPS) is 17.9. The largest absolute Gasteiger partial charge is 0.369 e. The number of hydrogen-bond acceptors (Lipinski definition) is 5. The fraction of sp³-hybridized carbons (Fsp3) is 0.500. The molecule has 1 atom stereocenters. The van der Waals surface area contributed by atoms with E-state index in [1.165, 1.54) is 18.4 Å². The number of rotatable bonds is 5. The summed E-state index contributed by atoms with van der Waals surface area (Å²) in [5.41, 5.74) is 3.22. The molecular weight excluding hydrogens is 286 g/mol. The van der Waals surface area contributed by atoms with Gasteiger partial charge in [-0.2, -0.15) is 0 Å². The lowest BCUT2D eigenvalue weighted by Gasteiger charge is -2.24. The van der Waals surface area contributed by atoms with Crippen LogP contribution in [0.4, 0.5) is 5.82 Å². The summed E-state index contributed by atoms with van der Waals surface area (Å²) in [6.07, 6.45) is 7.06. The molecule has 0 radical (unpaired) electrons. The number of anilines is 1. The minimum absolute atomic E-state index is 0.672. The Kier molecular flexibility index (Phi) is 5.18. The van der Waals surface area contributed by atoms with Gasteiger partial charge >= 0.3 is 0 Å². The molecule has 0 spiro atoms. The van der Waals surface area contributed by atoms with Gasteiger partial charge < -0.3 is 10.6 Å². The van der Waals surface area contributed by atoms with Crippen molar-refractivity contribution in [1.82, 2.24) is 20.3 Å². The van der Waals surface area contributed by atoms with Crippen LogP contribution in [-0.2, 0) is 6.42 Å². The molecule has 5 heteroatoms. The van der Waals surface area contributed by atoms with Gasteiger partial charge in [-0.25, -0.2) is 9.97 Å². The van der Waals surface area contributed by atoms with Gasteiger partial charge in [0.15, 0.2) is 5.82 Å². The fourth-order valence-corrected chi connectivity index (χ4v) is 3.13. The topological polar surface area (TPSA) is 62.7 Å². The molecule has 5 nitrogen and oxygen atoms in total. The maximum Gasteiger partial charge on any atom is 0.163 e. The zero-order valence-electron chi connectivity index (χ0n) is 14.0. The smallest absolute Gasteiger partial charge is 0.163 e. The molecule has 3 heterocycles. The third-order valence-electron chi connectivity index (χ3n) is 4.44. The van der Waals surface area contributed by atoms with Crippen molar-refractivity contribution in [3.8, 4) is 11.4 Å². The van der Waals surface area contributed by atoms with Crippen molar-refractivity contribution in [3.05, 3.63) is 35.8 Å². The Morgan fingerprint density at radius 3 is 2.96 bits per heavy atom. The van der Waals surface area contributed by atoms with Crippen molar-refractivity contribution >= 4 is 5.82 Å². The molecule has 0 aromatic carbocycles. The lowest BCUT2D eigenvalue weighted by Crippen LogP contribution is -2.33. The summed E-state index contributed by atoms with van der Waals surface area (Å²) in [6.45, 7) is 7.42. The van der Waals surface area contributed by atoms with Crippen LogP contribution in [0.3, 0.4) is 0 Å². The minimum Gasteiger partial charge on any atom is -0.369 e. The Hall–Kier alpha value is -2.01. The summed E-state index contributed by atoms with van der Waals surface area (Å²) in [5.74, 6) is 2.40. The van der Waals surface area contributed by atoms with Gasteiger partial charge in [0.1, 0.15) is 5.82 Å². The third-order valence-corrected chi connectivity index (χ3v) is 4.44. The quantitative estimate of drug-likeness (QED) is 0.889. The van der Waals surface area contributed by atoms with Crippen molar-refractivity contribution < 1.29 is 0 Å². The number of pyridine rings is 1. The van der Waals surface area contributed by atoms with E-state index in [-0.39, 0.29) is 0 Å². The molecule has 0 saturated carbocycles. The van der Waals surface area contributed by atoms with Crippen LogP contribution in [0.2, 0.25) is 0 Å². The van der Waals surface area contributed by atoms with E-state index in [4.69, 9.17) is 4.98 Å². The van der Waals surface area contributed by atoms with Crippen molar-refractivity contribution in [1.29, 1.82) is 0 Å². The molecule has 0 amide bonds. The monoisotopic (exact) mass is 311 g/mol. The summed E-state index contributed by atoms with van der Waals surface area (Å²) in [4.78, 5) is 13.6. The molecular formula is C18H25N5. The van der Waals surface area contributed by atoms with E-state index in [9.17, 15) is 0 Å². The molecule has 23 heavy (non-hydrogen) atoms. The van der Waals surface area contributed by atoms with Gasteiger partial charge in [0, 0.05) is 35.8 Å². The van der Waals surface area contributed by atoms with Crippen molar-refractivity contribution in [2.75, 3.05) is 25.0 Å². The molecule has 122 valence electrons. The molecule has 1 aliphatic rings. The van der Waals surface area contributed by atoms with Crippen LogP contribution >= 0.6 is 0 Å². The second-order valence-corrected chi connectivity index (χ2v) is 6.15. The van der Waals surface area contributed by atoms with Crippen molar-refractivity contribution in [2.45, 2.75) is 33.1 Å². The molecule has 3 rings (SSSR count). The molecule has 1 saturated heterocycles. The van der Waals surface area contributed by atoms with Gasteiger partial charge in [-0.05, 0) is 57.3 Å². The zero-order chi connectivity index (χ0) is 16.1. The van der Waals surface area contributed by atoms with Gasteiger partial charge in [-0.1, -0.05) is 6.92 Å². The summed E-state index contributed by atoms with van der Waals surface area (Å²) in [6, 6.07) is 3.92. The van der Waals surface area contributed by atoms with Crippen LogP contribution in [-0.4, -0.2) is 34.6 Å². The summed E-state index contributed by atoms with van der Waals surface area (Å²) in [7, 11) is 0. The zero-order valence-corrected chi connectivity index (χ0v) is 14.0. The van der Waals surface area contributed by atoms with E-state index in [2.05, 4.69) is 34.4 Å². The summed E-state index contributed by atoms with van der Waals surface area (Å²) < 4.78 is 0. The number of nitrogens with one attached hydrogen (secondary N) is 2. The molecule has 2 aromatic heterocycles. The first-order valence-electron chi connectivity index (χ1n) is 8.50. The average molecular weight is 311 g/mol. The Bertz CT molecular complexity index is 635. The SMILES string of the molecule is CCc1c(C)nc(-c2cccnc2)nc1NCC1CCCNC1. The van der Waals surface area contributed by atoms with Crippen molar-refractivity contribution in [2.24, 2.45) is 5.92 Å². The third kappa shape index (κ3) is 3.85. The Morgan fingerprint density at radius 1 is 1.35 bits per heavy atom. The lowest BCUT2D eigenvalue weighted by atomic mass is 9.99. The Labute approximate surface area is 138 Å². The lowest BCUT2D eigenvalue weighted by molar-refractivity contribution is 0.392. The number of aromatic nitrogens is 3. The number of nitrogens with zero attached hydrogens (tertiary/aromatic N) is 3. The van der Waals surface area contributed by atoms with Crippen LogP contribution < -0.4 is 10.6 Å². The van der Waals surface area contributed by atoms with E-state index in [1.54, 1.807) is 6.20 Å². The van der Waals surface area contributed by atoms with E-state index >= 15 is 0 Å². The highest BCUT2D eigenvalue weighted by atomic mass is 15.0. The standard InChI is InChI=1S/C18H25N5/c1-3-16-13(2)22-17(15-7-5-9-20-12-15)23-18(16)21-11-14-6-4-8-19-10-14/h5,7,9,12,14,19H,3-4,6,8,10-11H2,1-2H3,(H,21,22,23). The van der Waals surface area contributed by atoms with Crippen LogP contribution in [0.1, 0.15) is 31.0 Å². The summed E-state index contributed by atoms with van der Waals surface area (Å²) in [5, 5.41) is 7.04. The molecule has 1 unspecified atom stereocenters. The number of hydrogen-bond donors (Lipinski definition) is 2. The van der Waals surface area contributed by atoms with Gasteiger partial charge in [0.25, 0.3) is 0 Å². The second kappa shape index (κ2) is 7.51. The van der Waals surface area contributed by atoms with Gasteiger partial charge in [0.05, 0.1) is 0 Å². The first-order chi connectivity index (χ1) is 11.3. The molecule has 1 aliphatic heterocycles. The van der Waals surface area contributed by atoms with Crippen molar-refractivity contribution in [3.63, 3.8) is 0 Å². The van der Waals surface area contributed by atoms with Gasteiger partial charge in [-0.3, -0.25) is 4.98 Å². The average Bonchev–Trinajstić information content (AvgIpc) is 2.61. The highest BCUT2D eigenvalue weighted by Crippen LogP contribution is 2.23. The Morgan fingerprint density at radius 2 is 2.26 bits per heavy atom. The van der Waals surface area contributed by atoms with E-state index in [0.717, 1.165) is 49.0 Å². The summed E-state index contributed by atoms with van der Waals surface area (Å²) >= 11 is 0. The molecule has 0 aliphatic carbocycles. The predicted octanol–water partition coefficient (Wildman–Crippen LogP) is 2.82. The molecule has 0 bridgehead atoms. The van der Waals surface area contributed by atoms with E-state index in [1.807, 2.05) is 18.3 Å².